The fraction of sp³-hybridized carbons (Fsp3) is 0.417. The second-order valence-corrected chi connectivity index (χ2v) is 6.23. The molecule has 0 spiro atoms. The number of hydrogen-bond acceptors (Lipinski definition) is 4. The molecule has 0 unspecified atom stereocenters. The topological polar surface area (TPSA) is 49.3 Å². The van der Waals surface area contributed by atoms with Gasteiger partial charge in [0, 0.05) is 28.3 Å². The number of thiol groups is 1. The molecule has 0 radical (unpaired) electrons. The summed E-state index contributed by atoms with van der Waals surface area (Å²) in [5, 5.41) is 11.5. The molecule has 0 saturated carbocycles. The SMILES string of the molecule is O=C(NCCSCCCO)c1ccc(Br)cc1S. The maximum atomic E-state index is 11.8. The Bertz CT molecular complexity index is 402. The van der Waals surface area contributed by atoms with Crippen LogP contribution < -0.4 is 5.32 Å². The first kappa shape index (κ1) is 15.9. The highest BCUT2D eigenvalue weighted by Crippen LogP contribution is 2.19. The number of amides is 1. The molecule has 6 heteroatoms. The van der Waals surface area contributed by atoms with E-state index in [9.17, 15) is 4.79 Å². The quantitative estimate of drug-likeness (QED) is 0.523. The standard InChI is InChI=1S/C12H16BrNO2S2/c13-9-2-3-10(11(17)8-9)12(16)14-4-7-18-6-1-5-15/h2-3,8,15,17H,1,4-7H2,(H,14,16). The van der Waals surface area contributed by atoms with Crippen molar-refractivity contribution >= 4 is 46.2 Å². The minimum atomic E-state index is -0.102. The minimum Gasteiger partial charge on any atom is -0.396 e. The molecule has 1 aromatic rings. The van der Waals surface area contributed by atoms with Gasteiger partial charge in [-0.25, -0.2) is 0 Å². The van der Waals surface area contributed by atoms with Gasteiger partial charge in [0.25, 0.3) is 5.91 Å². The van der Waals surface area contributed by atoms with Crippen LogP contribution in [0.3, 0.4) is 0 Å². The van der Waals surface area contributed by atoms with Gasteiger partial charge in [-0.1, -0.05) is 15.9 Å². The number of aliphatic hydroxyl groups excluding tert-OH is 1. The predicted molar refractivity (Wildman–Crippen MR) is 82.8 cm³/mol. The third kappa shape index (κ3) is 5.65. The third-order valence-corrected chi connectivity index (χ3v) is 4.12. The fourth-order valence-electron chi connectivity index (χ4n) is 1.30. The maximum absolute atomic E-state index is 11.8. The van der Waals surface area contributed by atoms with Crippen molar-refractivity contribution in [2.75, 3.05) is 24.7 Å². The van der Waals surface area contributed by atoms with E-state index in [0.29, 0.717) is 17.0 Å². The molecule has 0 fully saturated rings. The first-order valence-corrected chi connectivity index (χ1v) is 8.00. The number of thioether (sulfide) groups is 1. The first-order valence-electron chi connectivity index (χ1n) is 5.60. The van der Waals surface area contributed by atoms with Crippen LogP contribution in [0, 0.1) is 0 Å². The van der Waals surface area contributed by atoms with Crippen LogP contribution in [0.5, 0.6) is 0 Å². The smallest absolute Gasteiger partial charge is 0.252 e. The average Bonchev–Trinajstić information content (AvgIpc) is 2.33. The van der Waals surface area contributed by atoms with Gasteiger partial charge in [0.05, 0.1) is 5.56 Å². The summed E-state index contributed by atoms with van der Waals surface area (Å²) in [5.74, 6) is 1.67. The normalized spacial score (nSPS) is 10.4. The lowest BCUT2D eigenvalue weighted by molar-refractivity contribution is 0.0953. The number of hydrogen-bond donors (Lipinski definition) is 3. The van der Waals surface area contributed by atoms with Crippen molar-refractivity contribution in [2.45, 2.75) is 11.3 Å². The Labute approximate surface area is 125 Å². The lowest BCUT2D eigenvalue weighted by Crippen LogP contribution is -2.26. The summed E-state index contributed by atoms with van der Waals surface area (Å²) in [6, 6.07) is 5.37. The number of nitrogens with one attached hydrogen (secondary N) is 1. The van der Waals surface area contributed by atoms with Crippen molar-refractivity contribution in [2.24, 2.45) is 0 Å². The van der Waals surface area contributed by atoms with Gasteiger partial charge in [-0.2, -0.15) is 11.8 Å². The molecule has 0 aliphatic rings. The summed E-state index contributed by atoms with van der Waals surface area (Å²) in [6.45, 7) is 0.847. The molecule has 0 aliphatic heterocycles. The van der Waals surface area contributed by atoms with Crippen LogP contribution in [-0.2, 0) is 0 Å². The number of carbonyl (C=O) groups excluding carboxylic acids is 1. The van der Waals surface area contributed by atoms with Gasteiger partial charge in [-0.15, -0.1) is 12.6 Å². The van der Waals surface area contributed by atoms with Crippen molar-refractivity contribution in [3.63, 3.8) is 0 Å². The Morgan fingerprint density at radius 1 is 1.44 bits per heavy atom. The minimum absolute atomic E-state index is 0.102. The number of halogens is 1. The predicted octanol–water partition coefficient (Wildman–Crippen LogP) is 2.58. The Balaban J connectivity index is 2.32. The van der Waals surface area contributed by atoms with Crippen molar-refractivity contribution in [3.05, 3.63) is 28.2 Å². The maximum Gasteiger partial charge on any atom is 0.252 e. The van der Waals surface area contributed by atoms with E-state index in [1.54, 1.807) is 23.9 Å². The second kappa shape index (κ2) is 8.85. The zero-order chi connectivity index (χ0) is 13.4. The Hall–Kier alpha value is -0.170. The van der Waals surface area contributed by atoms with Gasteiger partial charge in [0.1, 0.15) is 0 Å². The summed E-state index contributed by atoms with van der Waals surface area (Å²) in [6.07, 6.45) is 0.798. The summed E-state index contributed by atoms with van der Waals surface area (Å²) < 4.78 is 0.906. The number of benzene rings is 1. The summed E-state index contributed by atoms with van der Waals surface area (Å²) in [4.78, 5) is 12.5. The highest BCUT2D eigenvalue weighted by molar-refractivity contribution is 9.10. The Kier molecular flexibility index (Phi) is 7.81. The summed E-state index contributed by atoms with van der Waals surface area (Å²) in [5.41, 5.74) is 0.585. The second-order valence-electron chi connectivity index (χ2n) is 3.61. The highest BCUT2D eigenvalue weighted by Gasteiger charge is 2.08. The van der Waals surface area contributed by atoms with E-state index in [0.717, 1.165) is 22.4 Å². The molecule has 1 amide bonds. The van der Waals surface area contributed by atoms with Crippen molar-refractivity contribution in [1.29, 1.82) is 0 Å². The molecule has 0 aromatic heterocycles. The van der Waals surface area contributed by atoms with Crippen molar-refractivity contribution in [1.82, 2.24) is 5.32 Å². The van der Waals surface area contributed by atoms with Crippen molar-refractivity contribution < 1.29 is 9.90 Å². The number of carbonyl (C=O) groups is 1. The molecular weight excluding hydrogens is 334 g/mol. The number of rotatable bonds is 7. The molecule has 0 aliphatic carbocycles. The fourth-order valence-corrected chi connectivity index (χ4v) is 2.93. The van der Waals surface area contributed by atoms with Gasteiger partial charge in [0.15, 0.2) is 0 Å². The van der Waals surface area contributed by atoms with E-state index in [4.69, 9.17) is 5.11 Å². The van der Waals surface area contributed by atoms with E-state index in [2.05, 4.69) is 33.9 Å². The number of aliphatic hydroxyl groups is 1. The molecule has 1 rings (SSSR count). The molecule has 0 atom stereocenters. The monoisotopic (exact) mass is 349 g/mol. The van der Waals surface area contributed by atoms with E-state index in [-0.39, 0.29) is 12.5 Å². The summed E-state index contributed by atoms with van der Waals surface area (Å²) in [7, 11) is 0. The molecular formula is C12H16BrNO2S2. The van der Waals surface area contributed by atoms with Gasteiger partial charge in [-0.05, 0) is 30.4 Å². The molecule has 3 nitrogen and oxygen atoms in total. The van der Waals surface area contributed by atoms with Crippen LogP contribution in [-0.4, -0.2) is 35.7 Å². The van der Waals surface area contributed by atoms with Crippen LogP contribution in [0.2, 0.25) is 0 Å². The molecule has 2 N–H and O–H groups in total. The van der Waals surface area contributed by atoms with Gasteiger partial charge in [0.2, 0.25) is 0 Å². The average molecular weight is 350 g/mol. The van der Waals surface area contributed by atoms with Gasteiger partial charge in [-0.3, -0.25) is 4.79 Å². The molecule has 0 saturated heterocycles. The Morgan fingerprint density at radius 2 is 2.22 bits per heavy atom. The first-order chi connectivity index (χ1) is 8.65. The van der Waals surface area contributed by atoms with Gasteiger partial charge < -0.3 is 10.4 Å². The molecule has 1 aromatic carbocycles. The lowest BCUT2D eigenvalue weighted by atomic mass is 10.2. The highest BCUT2D eigenvalue weighted by atomic mass is 79.9. The molecule has 0 heterocycles. The van der Waals surface area contributed by atoms with E-state index < -0.39 is 0 Å². The van der Waals surface area contributed by atoms with E-state index in [1.807, 2.05) is 6.07 Å². The van der Waals surface area contributed by atoms with Gasteiger partial charge >= 0.3 is 0 Å². The van der Waals surface area contributed by atoms with Crippen LogP contribution in [0.1, 0.15) is 16.8 Å². The third-order valence-electron chi connectivity index (χ3n) is 2.18. The molecule has 100 valence electrons. The molecule has 18 heavy (non-hydrogen) atoms. The van der Waals surface area contributed by atoms with Crippen LogP contribution in [0.15, 0.2) is 27.6 Å². The molecule has 0 bridgehead atoms. The lowest BCUT2D eigenvalue weighted by Gasteiger charge is -2.07. The van der Waals surface area contributed by atoms with Crippen molar-refractivity contribution in [3.8, 4) is 0 Å². The Morgan fingerprint density at radius 3 is 2.89 bits per heavy atom. The zero-order valence-corrected chi connectivity index (χ0v) is 13.2. The van der Waals surface area contributed by atoms with Crippen LogP contribution in [0.4, 0.5) is 0 Å². The van der Waals surface area contributed by atoms with E-state index in [1.165, 1.54) is 0 Å². The summed E-state index contributed by atoms with van der Waals surface area (Å²) >= 11 is 9.32. The van der Waals surface area contributed by atoms with Crippen LogP contribution in [0.25, 0.3) is 0 Å². The largest absolute Gasteiger partial charge is 0.396 e. The zero-order valence-electron chi connectivity index (χ0n) is 9.86. The van der Waals surface area contributed by atoms with Crippen LogP contribution >= 0.6 is 40.3 Å². The van der Waals surface area contributed by atoms with E-state index >= 15 is 0 Å².